The molecule has 21 heavy (non-hydrogen) atoms. The highest BCUT2D eigenvalue weighted by Gasteiger charge is 2.35. The second-order valence-electron chi connectivity index (χ2n) is 6.19. The lowest BCUT2D eigenvalue weighted by Gasteiger charge is -2.36. The zero-order valence-corrected chi connectivity index (χ0v) is 13.7. The molecule has 0 spiro atoms. The average molecular weight is 327 g/mol. The normalized spacial score (nSPS) is 26.0. The number of carbonyl (C=O) groups excluding carboxylic acids is 1. The number of carbonyl (C=O) groups is 1. The number of hydrogen-bond donors (Lipinski definition) is 0. The molecule has 0 saturated carbocycles. The molecule has 5 heteroatoms. The molecule has 0 N–H and O–H groups in total. The number of nitrogens with zero attached hydrogens (tertiary/aromatic N) is 2. The predicted octanol–water partition coefficient (Wildman–Crippen LogP) is 3.44. The standard InChI is InChI=1S/C16H20Cl2N2O/c1-11(21)19-7-12-2-5-15(10-19)20(8-12)9-13-3-4-14(17)6-16(13)18/h3-4,6,12,15H,2,5,7-10H2,1H3/t12-,15+/m0/s1. The molecule has 1 aromatic carbocycles. The first kappa shape index (κ1) is 15.1. The van der Waals surface area contributed by atoms with Gasteiger partial charge in [-0.1, -0.05) is 29.3 Å². The summed E-state index contributed by atoms with van der Waals surface area (Å²) in [5, 5.41) is 1.40. The minimum absolute atomic E-state index is 0.193. The second-order valence-corrected chi connectivity index (χ2v) is 7.03. The van der Waals surface area contributed by atoms with Crippen LogP contribution in [0.1, 0.15) is 25.3 Å². The maximum absolute atomic E-state index is 11.7. The molecule has 4 rings (SSSR count). The number of halogens is 2. The Morgan fingerprint density at radius 3 is 2.76 bits per heavy atom. The molecule has 3 saturated heterocycles. The number of benzene rings is 1. The Morgan fingerprint density at radius 1 is 1.24 bits per heavy atom. The lowest BCUT2D eigenvalue weighted by molar-refractivity contribution is -0.129. The second kappa shape index (κ2) is 6.15. The van der Waals surface area contributed by atoms with Crippen LogP contribution in [-0.2, 0) is 11.3 Å². The maximum Gasteiger partial charge on any atom is 0.219 e. The Bertz CT molecular complexity index is 549. The van der Waals surface area contributed by atoms with Crippen LogP contribution in [0.2, 0.25) is 10.0 Å². The van der Waals surface area contributed by atoms with Crippen molar-refractivity contribution in [3.05, 3.63) is 33.8 Å². The summed E-state index contributed by atoms with van der Waals surface area (Å²) in [5.41, 5.74) is 1.11. The fraction of sp³-hybridized carbons (Fsp3) is 0.562. The highest BCUT2D eigenvalue weighted by atomic mass is 35.5. The fourth-order valence-corrected chi connectivity index (χ4v) is 3.97. The molecule has 2 bridgehead atoms. The number of piperidine rings is 1. The molecule has 0 unspecified atom stereocenters. The molecular weight excluding hydrogens is 307 g/mol. The molecule has 3 aliphatic heterocycles. The van der Waals surface area contributed by atoms with Crippen molar-refractivity contribution < 1.29 is 4.79 Å². The monoisotopic (exact) mass is 326 g/mol. The summed E-state index contributed by atoms with van der Waals surface area (Å²) in [5.74, 6) is 0.775. The number of fused-ring (bicyclic) bond motifs is 4. The topological polar surface area (TPSA) is 23.6 Å². The first-order chi connectivity index (χ1) is 10.0. The van der Waals surface area contributed by atoms with Gasteiger partial charge in [0, 0.05) is 49.2 Å². The van der Waals surface area contributed by atoms with Crippen molar-refractivity contribution in [1.29, 1.82) is 0 Å². The quantitative estimate of drug-likeness (QED) is 0.831. The summed E-state index contributed by atoms with van der Waals surface area (Å²) in [4.78, 5) is 16.2. The fourth-order valence-electron chi connectivity index (χ4n) is 3.50. The van der Waals surface area contributed by atoms with Crippen LogP contribution in [-0.4, -0.2) is 41.4 Å². The van der Waals surface area contributed by atoms with E-state index in [9.17, 15) is 4.79 Å². The summed E-state index contributed by atoms with van der Waals surface area (Å²) < 4.78 is 0. The Hall–Kier alpha value is -0.770. The molecule has 3 nitrogen and oxygen atoms in total. The lowest BCUT2D eigenvalue weighted by atomic mass is 9.94. The van der Waals surface area contributed by atoms with Gasteiger partial charge in [0.15, 0.2) is 0 Å². The van der Waals surface area contributed by atoms with Crippen molar-refractivity contribution in [2.24, 2.45) is 5.92 Å². The smallest absolute Gasteiger partial charge is 0.219 e. The summed E-state index contributed by atoms with van der Waals surface area (Å²) in [6.45, 7) is 5.30. The molecule has 0 aliphatic carbocycles. The van der Waals surface area contributed by atoms with E-state index in [2.05, 4.69) is 4.90 Å². The molecule has 0 radical (unpaired) electrons. The van der Waals surface area contributed by atoms with E-state index in [1.165, 1.54) is 12.8 Å². The van der Waals surface area contributed by atoms with Gasteiger partial charge >= 0.3 is 0 Å². The highest BCUT2D eigenvalue weighted by molar-refractivity contribution is 6.35. The number of amides is 1. The predicted molar refractivity (Wildman–Crippen MR) is 85.6 cm³/mol. The highest BCUT2D eigenvalue weighted by Crippen LogP contribution is 2.31. The van der Waals surface area contributed by atoms with E-state index < -0.39 is 0 Å². The Balaban J connectivity index is 1.76. The zero-order valence-electron chi connectivity index (χ0n) is 12.2. The molecular formula is C16H20Cl2N2O. The van der Waals surface area contributed by atoms with Crippen molar-refractivity contribution in [3.8, 4) is 0 Å². The Labute approximate surface area is 135 Å². The summed E-state index contributed by atoms with van der Waals surface area (Å²) in [6, 6.07) is 6.14. The van der Waals surface area contributed by atoms with Gasteiger partial charge in [0.05, 0.1) is 0 Å². The van der Waals surface area contributed by atoms with Crippen molar-refractivity contribution in [1.82, 2.24) is 9.80 Å². The molecule has 3 aliphatic rings. The van der Waals surface area contributed by atoms with Crippen molar-refractivity contribution in [2.75, 3.05) is 19.6 Å². The van der Waals surface area contributed by atoms with Crippen LogP contribution < -0.4 is 0 Å². The summed E-state index contributed by atoms with van der Waals surface area (Å²) in [7, 11) is 0. The van der Waals surface area contributed by atoms with E-state index in [1.54, 1.807) is 13.0 Å². The van der Waals surface area contributed by atoms with Crippen LogP contribution in [0.25, 0.3) is 0 Å². The lowest BCUT2D eigenvalue weighted by Crippen LogP contribution is -2.43. The Kier molecular flexibility index (Phi) is 4.43. The average Bonchev–Trinajstić information content (AvgIpc) is 2.73. The van der Waals surface area contributed by atoms with Gasteiger partial charge in [0.2, 0.25) is 5.91 Å². The van der Waals surface area contributed by atoms with Gasteiger partial charge < -0.3 is 4.90 Å². The van der Waals surface area contributed by atoms with Crippen LogP contribution in [0.15, 0.2) is 18.2 Å². The van der Waals surface area contributed by atoms with Gasteiger partial charge in [0.25, 0.3) is 0 Å². The van der Waals surface area contributed by atoms with E-state index in [0.717, 1.165) is 36.8 Å². The van der Waals surface area contributed by atoms with E-state index in [4.69, 9.17) is 23.2 Å². The molecule has 1 amide bonds. The maximum atomic E-state index is 11.7. The van der Waals surface area contributed by atoms with E-state index in [-0.39, 0.29) is 5.91 Å². The van der Waals surface area contributed by atoms with Gasteiger partial charge in [-0.3, -0.25) is 9.69 Å². The first-order valence-corrected chi connectivity index (χ1v) is 8.22. The van der Waals surface area contributed by atoms with Crippen LogP contribution >= 0.6 is 23.2 Å². The third kappa shape index (κ3) is 3.36. The van der Waals surface area contributed by atoms with E-state index in [1.807, 2.05) is 17.0 Å². The minimum Gasteiger partial charge on any atom is -0.341 e. The van der Waals surface area contributed by atoms with E-state index in [0.29, 0.717) is 17.0 Å². The van der Waals surface area contributed by atoms with Crippen molar-refractivity contribution in [3.63, 3.8) is 0 Å². The summed E-state index contributed by atoms with van der Waals surface area (Å²) >= 11 is 12.3. The molecule has 1 aromatic rings. The molecule has 0 aromatic heterocycles. The van der Waals surface area contributed by atoms with Crippen LogP contribution in [0.4, 0.5) is 0 Å². The van der Waals surface area contributed by atoms with Gasteiger partial charge in [-0.25, -0.2) is 0 Å². The molecule has 114 valence electrons. The van der Waals surface area contributed by atoms with Crippen LogP contribution in [0.3, 0.4) is 0 Å². The summed E-state index contributed by atoms with van der Waals surface area (Å²) in [6.07, 6.45) is 2.39. The number of hydrogen-bond acceptors (Lipinski definition) is 2. The minimum atomic E-state index is 0.193. The molecule has 3 fully saturated rings. The van der Waals surface area contributed by atoms with Crippen molar-refractivity contribution >= 4 is 29.1 Å². The van der Waals surface area contributed by atoms with Gasteiger partial charge in [-0.2, -0.15) is 0 Å². The SMILES string of the molecule is CC(=O)N1C[C@@H]2CC[C@H](C1)N(Cc1ccc(Cl)cc1Cl)C2. The largest absolute Gasteiger partial charge is 0.341 e. The van der Waals surface area contributed by atoms with Gasteiger partial charge in [-0.15, -0.1) is 0 Å². The molecule has 2 atom stereocenters. The third-order valence-electron chi connectivity index (χ3n) is 4.66. The van der Waals surface area contributed by atoms with E-state index >= 15 is 0 Å². The van der Waals surface area contributed by atoms with Crippen molar-refractivity contribution in [2.45, 2.75) is 32.4 Å². The molecule has 3 heterocycles. The van der Waals surface area contributed by atoms with Gasteiger partial charge in [0.1, 0.15) is 0 Å². The van der Waals surface area contributed by atoms with Gasteiger partial charge in [-0.05, 0) is 36.5 Å². The Morgan fingerprint density at radius 2 is 2.05 bits per heavy atom. The van der Waals surface area contributed by atoms with Crippen LogP contribution in [0, 0.1) is 5.92 Å². The first-order valence-electron chi connectivity index (χ1n) is 7.46. The zero-order chi connectivity index (χ0) is 15.0. The third-order valence-corrected chi connectivity index (χ3v) is 5.25. The van der Waals surface area contributed by atoms with Crippen LogP contribution in [0.5, 0.6) is 0 Å². The number of rotatable bonds is 2.